The fourth-order valence-corrected chi connectivity index (χ4v) is 2.52. The van der Waals surface area contributed by atoms with Crippen molar-refractivity contribution in [3.05, 3.63) is 59.4 Å². The van der Waals surface area contributed by atoms with Gasteiger partial charge in [-0.25, -0.2) is 4.98 Å². The largest absolute Gasteiger partial charge is 0.351 e. The van der Waals surface area contributed by atoms with Gasteiger partial charge in [-0.2, -0.15) is 0 Å². The molecule has 22 heavy (non-hydrogen) atoms. The zero-order valence-corrected chi connectivity index (χ0v) is 13.1. The number of nitrogens with zero attached hydrogens (tertiary/aromatic N) is 2. The smallest absolute Gasteiger partial charge is 0.270 e. The van der Waals surface area contributed by atoms with E-state index in [4.69, 9.17) is 0 Å². The van der Waals surface area contributed by atoms with E-state index < -0.39 is 0 Å². The number of amides is 1. The first kappa shape index (κ1) is 14.3. The molecule has 4 nitrogen and oxygen atoms in total. The second-order valence-corrected chi connectivity index (χ2v) is 5.47. The Labute approximate surface area is 129 Å². The molecule has 0 atom stereocenters. The van der Waals surface area contributed by atoms with Crippen LogP contribution in [0.1, 0.15) is 28.5 Å². The summed E-state index contributed by atoms with van der Waals surface area (Å²) in [5.41, 5.74) is 5.31. The SMILES string of the molecule is CCNC(=O)c1c(-c2ccc(C)cc2)nc2ccc(C)cn12. The summed E-state index contributed by atoms with van der Waals surface area (Å²) < 4.78 is 1.87. The summed E-state index contributed by atoms with van der Waals surface area (Å²) in [7, 11) is 0. The first-order chi connectivity index (χ1) is 10.6. The van der Waals surface area contributed by atoms with Crippen LogP contribution in [0.15, 0.2) is 42.6 Å². The first-order valence-corrected chi connectivity index (χ1v) is 7.44. The first-order valence-electron chi connectivity index (χ1n) is 7.44. The molecule has 0 unspecified atom stereocenters. The minimum atomic E-state index is -0.101. The van der Waals surface area contributed by atoms with E-state index in [1.165, 1.54) is 5.56 Å². The molecule has 2 aromatic heterocycles. The van der Waals surface area contributed by atoms with Crippen molar-refractivity contribution < 1.29 is 4.79 Å². The zero-order valence-electron chi connectivity index (χ0n) is 13.1. The average molecular weight is 293 g/mol. The molecule has 3 rings (SSSR count). The quantitative estimate of drug-likeness (QED) is 0.805. The molecule has 0 bridgehead atoms. The van der Waals surface area contributed by atoms with Crippen LogP contribution < -0.4 is 5.32 Å². The van der Waals surface area contributed by atoms with Crippen LogP contribution in [0.3, 0.4) is 0 Å². The Morgan fingerprint density at radius 3 is 2.45 bits per heavy atom. The Morgan fingerprint density at radius 1 is 1.09 bits per heavy atom. The zero-order chi connectivity index (χ0) is 15.7. The Balaban J connectivity index is 2.26. The summed E-state index contributed by atoms with van der Waals surface area (Å²) in [6.45, 7) is 6.55. The van der Waals surface area contributed by atoms with Gasteiger partial charge in [-0.05, 0) is 32.4 Å². The molecule has 0 aliphatic carbocycles. The molecular weight excluding hydrogens is 274 g/mol. The number of imidazole rings is 1. The topological polar surface area (TPSA) is 46.4 Å². The number of pyridine rings is 1. The Bertz CT molecular complexity index is 831. The molecule has 3 aromatic rings. The average Bonchev–Trinajstić information content (AvgIpc) is 2.86. The molecule has 0 aliphatic heterocycles. The van der Waals surface area contributed by atoms with Gasteiger partial charge in [0.1, 0.15) is 17.0 Å². The minimum absolute atomic E-state index is 0.101. The summed E-state index contributed by atoms with van der Waals surface area (Å²) in [5.74, 6) is -0.101. The molecule has 0 spiro atoms. The normalized spacial score (nSPS) is 10.9. The molecule has 0 saturated heterocycles. The van der Waals surface area contributed by atoms with Gasteiger partial charge in [0.15, 0.2) is 0 Å². The Morgan fingerprint density at radius 2 is 1.77 bits per heavy atom. The maximum absolute atomic E-state index is 12.5. The van der Waals surface area contributed by atoms with Crippen LogP contribution in [0.5, 0.6) is 0 Å². The fourth-order valence-electron chi connectivity index (χ4n) is 2.52. The van der Waals surface area contributed by atoms with Gasteiger partial charge in [-0.1, -0.05) is 35.9 Å². The number of hydrogen-bond acceptors (Lipinski definition) is 2. The number of aryl methyl sites for hydroxylation is 2. The van der Waals surface area contributed by atoms with Crippen molar-refractivity contribution >= 4 is 11.6 Å². The van der Waals surface area contributed by atoms with Gasteiger partial charge in [-0.15, -0.1) is 0 Å². The van der Waals surface area contributed by atoms with E-state index in [9.17, 15) is 4.79 Å². The van der Waals surface area contributed by atoms with E-state index >= 15 is 0 Å². The van der Waals surface area contributed by atoms with Crippen molar-refractivity contribution in [3.63, 3.8) is 0 Å². The van der Waals surface area contributed by atoms with Crippen molar-refractivity contribution in [1.29, 1.82) is 0 Å². The lowest BCUT2D eigenvalue weighted by atomic mass is 10.1. The van der Waals surface area contributed by atoms with Gasteiger partial charge in [0.25, 0.3) is 5.91 Å². The lowest BCUT2D eigenvalue weighted by Crippen LogP contribution is -2.24. The monoisotopic (exact) mass is 293 g/mol. The van der Waals surface area contributed by atoms with Crippen LogP contribution in [0.2, 0.25) is 0 Å². The number of aromatic nitrogens is 2. The summed E-state index contributed by atoms with van der Waals surface area (Å²) >= 11 is 0. The summed E-state index contributed by atoms with van der Waals surface area (Å²) in [6, 6.07) is 12.0. The second kappa shape index (κ2) is 5.64. The third-order valence-corrected chi connectivity index (χ3v) is 3.64. The van der Waals surface area contributed by atoms with E-state index in [1.807, 2.05) is 67.8 Å². The number of fused-ring (bicyclic) bond motifs is 1. The number of carbonyl (C=O) groups excluding carboxylic acids is 1. The van der Waals surface area contributed by atoms with Crippen LogP contribution in [-0.2, 0) is 0 Å². The predicted octanol–water partition coefficient (Wildman–Crippen LogP) is 3.37. The van der Waals surface area contributed by atoms with E-state index in [-0.39, 0.29) is 5.91 Å². The van der Waals surface area contributed by atoms with E-state index in [0.717, 1.165) is 22.5 Å². The number of hydrogen-bond donors (Lipinski definition) is 1. The maximum atomic E-state index is 12.5. The fraction of sp³-hybridized carbons (Fsp3) is 0.222. The Kier molecular flexibility index (Phi) is 3.67. The molecule has 1 aromatic carbocycles. The molecule has 0 saturated carbocycles. The van der Waals surface area contributed by atoms with E-state index in [0.29, 0.717) is 12.2 Å². The maximum Gasteiger partial charge on any atom is 0.270 e. The molecular formula is C18H19N3O. The highest BCUT2D eigenvalue weighted by Gasteiger charge is 2.20. The number of carbonyl (C=O) groups is 1. The third kappa shape index (κ3) is 2.48. The van der Waals surface area contributed by atoms with Gasteiger partial charge in [0, 0.05) is 18.3 Å². The number of rotatable bonds is 3. The highest BCUT2D eigenvalue weighted by Crippen LogP contribution is 2.25. The molecule has 1 N–H and O–H groups in total. The summed E-state index contributed by atoms with van der Waals surface area (Å²) in [4.78, 5) is 17.2. The van der Waals surface area contributed by atoms with Crippen LogP contribution >= 0.6 is 0 Å². The van der Waals surface area contributed by atoms with Crippen molar-refractivity contribution in [3.8, 4) is 11.3 Å². The molecule has 2 heterocycles. The molecule has 4 heteroatoms. The molecule has 0 radical (unpaired) electrons. The number of benzene rings is 1. The lowest BCUT2D eigenvalue weighted by molar-refractivity contribution is 0.0950. The van der Waals surface area contributed by atoms with Crippen LogP contribution in [0, 0.1) is 13.8 Å². The minimum Gasteiger partial charge on any atom is -0.351 e. The van der Waals surface area contributed by atoms with Gasteiger partial charge in [-0.3, -0.25) is 9.20 Å². The molecule has 112 valence electrons. The standard InChI is InChI=1S/C18H19N3O/c1-4-19-18(22)17-16(14-8-5-12(2)6-9-14)20-15-10-7-13(3)11-21(15)17/h5-11H,4H2,1-3H3,(H,19,22). The van der Waals surface area contributed by atoms with Crippen molar-refractivity contribution in [2.45, 2.75) is 20.8 Å². The van der Waals surface area contributed by atoms with E-state index in [2.05, 4.69) is 10.3 Å². The van der Waals surface area contributed by atoms with Crippen molar-refractivity contribution in [1.82, 2.24) is 14.7 Å². The summed E-state index contributed by atoms with van der Waals surface area (Å²) in [5, 5.41) is 2.88. The molecule has 1 amide bonds. The second-order valence-electron chi connectivity index (χ2n) is 5.47. The molecule has 0 aliphatic rings. The van der Waals surface area contributed by atoms with E-state index in [1.54, 1.807) is 0 Å². The highest BCUT2D eigenvalue weighted by atomic mass is 16.1. The van der Waals surface area contributed by atoms with Gasteiger partial charge < -0.3 is 5.32 Å². The van der Waals surface area contributed by atoms with Gasteiger partial charge in [0.05, 0.1) is 0 Å². The van der Waals surface area contributed by atoms with Crippen LogP contribution in [0.25, 0.3) is 16.9 Å². The van der Waals surface area contributed by atoms with Crippen LogP contribution in [0.4, 0.5) is 0 Å². The lowest BCUT2D eigenvalue weighted by Gasteiger charge is -2.06. The van der Waals surface area contributed by atoms with Gasteiger partial charge in [0.2, 0.25) is 0 Å². The van der Waals surface area contributed by atoms with Crippen molar-refractivity contribution in [2.75, 3.05) is 6.54 Å². The summed E-state index contributed by atoms with van der Waals surface area (Å²) in [6.07, 6.45) is 1.95. The Hall–Kier alpha value is -2.62. The van der Waals surface area contributed by atoms with Gasteiger partial charge >= 0.3 is 0 Å². The van der Waals surface area contributed by atoms with Crippen LogP contribution in [-0.4, -0.2) is 21.8 Å². The number of nitrogens with one attached hydrogen (secondary N) is 1. The molecule has 0 fully saturated rings. The third-order valence-electron chi connectivity index (χ3n) is 3.64. The van der Waals surface area contributed by atoms with Crippen molar-refractivity contribution in [2.24, 2.45) is 0 Å². The predicted molar refractivity (Wildman–Crippen MR) is 88.1 cm³/mol. The highest BCUT2D eigenvalue weighted by molar-refractivity contribution is 5.99.